The molecule has 1 aliphatic carbocycles. The van der Waals surface area contributed by atoms with Crippen LogP contribution in [-0.2, 0) is 11.3 Å². The third kappa shape index (κ3) is 3.81. The second-order valence-electron chi connectivity index (χ2n) is 4.90. The molecular weight excluding hydrogens is 246 g/mol. The fourth-order valence-electron chi connectivity index (χ4n) is 2.45. The Morgan fingerprint density at radius 1 is 1.37 bits per heavy atom. The van der Waals surface area contributed by atoms with Gasteiger partial charge in [-0.15, -0.1) is 0 Å². The van der Waals surface area contributed by atoms with E-state index in [1.807, 2.05) is 0 Å². The van der Waals surface area contributed by atoms with Crippen LogP contribution in [0.2, 0.25) is 0 Å². The molecule has 1 heterocycles. The van der Waals surface area contributed by atoms with Gasteiger partial charge in [0.2, 0.25) is 5.91 Å². The number of hydrogen-bond acceptors (Lipinski definition) is 3. The van der Waals surface area contributed by atoms with Crippen molar-refractivity contribution in [1.29, 1.82) is 0 Å². The van der Waals surface area contributed by atoms with Crippen molar-refractivity contribution >= 4 is 11.9 Å². The summed E-state index contributed by atoms with van der Waals surface area (Å²) in [6, 6.07) is 1.72. The molecule has 1 saturated carbocycles. The van der Waals surface area contributed by atoms with Gasteiger partial charge < -0.3 is 10.4 Å². The second kappa shape index (κ2) is 6.36. The summed E-state index contributed by atoms with van der Waals surface area (Å²) in [7, 11) is 0. The van der Waals surface area contributed by atoms with Crippen LogP contribution in [0.3, 0.4) is 0 Å². The van der Waals surface area contributed by atoms with Gasteiger partial charge >= 0.3 is 5.97 Å². The Bertz CT molecular complexity index is 450. The number of hydrogen-bond donors (Lipinski definition) is 2. The Kier molecular flexibility index (Phi) is 4.54. The summed E-state index contributed by atoms with van der Waals surface area (Å²) in [5, 5.41) is 15.8. The lowest BCUT2D eigenvalue weighted by atomic mass is 9.95. The number of amides is 1. The van der Waals surface area contributed by atoms with Crippen molar-refractivity contribution in [1.82, 2.24) is 15.1 Å². The van der Waals surface area contributed by atoms with Crippen LogP contribution in [0.5, 0.6) is 0 Å². The summed E-state index contributed by atoms with van der Waals surface area (Å²) in [5.74, 6) is -1.05. The van der Waals surface area contributed by atoms with Crippen LogP contribution in [0, 0.1) is 0 Å². The van der Waals surface area contributed by atoms with Crippen LogP contribution in [-0.4, -0.2) is 32.8 Å². The first-order valence-electron chi connectivity index (χ1n) is 6.71. The number of carbonyl (C=O) groups excluding carboxylic acids is 1. The fraction of sp³-hybridized carbons (Fsp3) is 0.615. The molecule has 0 atom stereocenters. The molecule has 0 spiro atoms. The van der Waals surface area contributed by atoms with Gasteiger partial charge in [0.1, 0.15) is 5.69 Å². The fourth-order valence-corrected chi connectivity index (χ4v) is 2.45. The van der Waals surface area contributed by atoms with E-state index >= 15 is 0 Å². The Morgan fingerprint density at radius 2 is 2.11 bits per heavy atom. The molecule has 1 fully saturated rings. The zero-order chi connectivity index (χ0) is 13.7. The lowest BCUT2D eigenvalue weighted by molar-refractivity contribution is -0.122. The summed E-state index contributed by atoms with van der Waals surface area (Å²) >= 11 is 0. The standard InChI is InChI=1S/C13H19N3O3/c17-12(15-10-4-2-1-3-5-10)7-9-16-11(13(18)19)6-8-14-16/h6,8,10H,1-5,7,9H2,(H,15,17)(H,18,19). The molecule has 2 rings (SSSR count). The molecule has 1 aromatic heterocycles. The average molecular weight is 265 g/mol. The minimum Gasteiger partial charge on any atom is -0.477 e. The number of carboxylic acid groups (broad SMARTS) is 1. The van der Waals surface area contributed by atoms with Crippen molar-refractivity contribution < 1.29 is 14.7 Å². The molecule has 1 aliphatic rings. The van der Waals surface area contributed by atoms with Crippen LogP contribution in [0.1, 0.15) is 49.0 Å². The van der Waals surface area contributed by atoms with E-state index in [0.717, 1.165) is 12.8 Å². The van der Waals surface area contributed by atoms with Gasteiger partial charge in [0.25, 0.3) is 0 Å². The zero-order valence-electron chi connectivity index (χ0n) is 10.8. The number of rotatable bonds is 5. The molecule has 104 valence electrons. The quantitative estimate of drug-likeness (QED) is 0.843. The van der Waals surface area contributed by atoms with E-state index in [1.54, 1.807) is 0 Å². The average Bonchev–Trinajstić information content (AvgIpc) is 2.86. The lowest BCUT2D eigenvalue weighted by Crippen LogP contribution is -2.36. The molecule has 1 aromatic rings. The van der Waals surface area contributed by atoms with Crippen molar-refractivity contribution in [3.8, 4) is 0 Å². The molecule has 0 bridgehead atoms. The monoisotopic (exact) mass is 265 g/mol. The summed E-state index contributed by atoms with van der Waals surface area (Å²) in [5.41, 5.74) is 0.116. The van der Waals surface area contributed by atoms with Gasteiger partial charge in [-0.1, -0.05) is 19.3 Å². The molecule has 19 heavy (non-hydrogen) atoms. The molecule has 0 saturated heterocycles. The topological polar surface area (TPSA) is 84.2 Å². The molecule has 0 radical (unpaired) electrons. The van der Waals surface area contributed by atoms with Crippen molar-refractivity contribution in [2.24, 2.45) is 0 Å². The highest BCUT2D eigenvalue weighted by molar-refractivity contribution is 5.85. The maximum atomic E-state index is 11.8. The highest BCUT2D eigenvalue weighted by Crippen LogP contribution is 2.17. The predicted octanol–water partition coefficient (Wildman–Crippen LogP) is 1.42. The van der Waals surface area contributed by atoms with E-state index in [9.17, 15) is 9.59 Å². The van der Waals surface area contributed by atoms with Crippen LogP contribution >= 0.6 is 0 Å². The minimum atomic E-state index is -1.02. The van der Waals surface area contributed by atoms with E-state index < -0.39 is 5.97 Å². The maximum Gasteiger partial charge on any atom is 0.354 e. The normalized spacial score (nSPS) is 16.2. The van der Waals surface area contributed by atoms with Crippen molar-refractivity contribution in [3.63, 3.8) is 0 Å². The Hall–Kier alpha value is -1.85. The van der Waals surface area contributed by atoms with E-state index in [2.05, 4.69) is 10.4 Å². The zero-order valence-corrected chi connectivity index (χ0v) is 10.8. The van der Waals surface area contributed by atoms with E-state index in [1.165, 1.54) is 36.2 Å². The van der Waals surface area contributed by atoms with Crippen LogP contribution in [0.15, 0.2) is 12.3 Å². The molecule has 0 unspecified atom stereocenters. The Morgan fingerprint density at radius 3 is 2.79 bits per heavy atom. The molecule has 6 heteroatoms. The van der Waals surface area contributed by atoms with Crippen molar-refractivity contribution in [2.45, 2.75) is 51.1 Å². The first-order chi connectivity index (χ1) is 9.16. The highest BCUT2D eigenvalue weighted by Gasteiger charge is 2.16. The van der Waals surface area contributed by atoms with Crippen LogP contribution < -0.4 is 5.32 Å². The molecule has 1 amide bonds. The minimum absolute atomic E-state index is 0.0289. The smallest absolute Gasteiger partial charge is 0.354 e. The molecule has 0 aromatic carbocycles. The molecule has 2 N–H and O–H groups in total. The van der Waals surface area contributed by atoms with Gasteiger partial charge in [-0.2, -0.15) is 5.10 Å². The third-order valence-corrected chi connectivity index (χ3v) is 3.46. The SMILES string of the molecule is O=C(CCn1nccc1C(=O)O)NC1CCCCC1. The number of aromatic nitrogens is 2. The van der Waals surface area contributed by atoms with E-state index in [4.69, 9.17) is 5.11 Å². The number of aromatic carboxylic acids is 1. The Balaban J connectivity index is 1.79. The highest BCUT2D eigenvalue weighted by atomic mass is 16.4. The lowest BCUT2D eigenvalue weighted by Gasteiger charge is -2.22. The third-order valence-electron chi connectivity index (χ3n) is 3.46. The molecule has 6 nitrogen and oxygen atoms in total. The summed E-state index contributed by atoms with van der Waals surface area (Å²) in [6.45, 7) is 0.299. The largest absolute Gasteiger partial charge is 0.477 e. The van der Waals surface area contributed by atoms with Gasteiger partial charge in [0, 0.05) is 18.7 Å². The number of nitrogens with zero attached hydrogens (tertiary/aromatic N) is 2. The van der Waals surface area contributed by atoms with Gasteiger partial charge in [-0.05, 0) is 18.9 Å². The Labute approximate surface area is 111 Å². The number of carbonyl (C=O) groups is 2. The van der Waals surface area contributed by atoms with E-state index in [-0.39, 0.29) is 24.1 Å². The number of nitrogens with one attached hydrogen (secondary N) is 1. The summed E-state index contributed by atoms with van der Waals surface area (Å²) in [6.07, 6.45) is 7.39. The van der Waals surface area contributed by atoms with Gasteiger partial charge in [-0.25, -0.2) is 4.79 Å². The summed E-state index contributed by atoms with van der Waals surface area (Å²) < 4.78 is 1.35. The second-order valence-corrected chi connectivity index (χ2v) is 4.90. The van der Waals surface area contributed by atoms with Crippen molar-refractivity contribution in [3.05, 3.63) is 18.0 Å². The van der Waals surface area contributed by atoms with E-state index in [0.29, 0.717) is 6.54 Å². The molecular formula is C13H19N3O3. The number of aryl methyl sites for hydroxylation is 1. The van der Waals surface area contributed by atoms with Crippen molar-refractivity contribution in [2.75, 3.05) is 0 Å². The van der Waals surface area contributed by atoms with Gasteiger partial charge in [0.05, 0.1) is 6.54 Å². The summed E-state index contributed by atoms with van der Waals surface area (Å²) in [4.78, 5) is 22.7. The predicted molar refractivity (Wildman–Crippen MR) is 68.8 cm³/mol. The first kappa shape index (κ1) is 13.6. The maximum absolute atomic E-state index is 11.8. The van der Waals surface area contributed by atoms with Gasteiger partial charge in [-0.3, -0.25) is 9.48 Å². The van der Waals surface area contributed by atoms with Crippen LogP contribution in [0.25, 0.3) is 0 Å². The number of carboxylic acids is 1. The molecule has 0 aliphatic heterocycles. The first-order valence-corrected chi connectivity index (χ1v) is 6.71. The van der Waals surface area contributed by atoms with Gasteiger partial charge in [0.15, 0.2) is 0 Å². The van der Waals surface area contributed by atoms with Crippen LogP contribution in [0.4, 0.5) is 0 Å².